The predicted octanol–water partition coefficient (Wildman–Crippen LogP) is 2.57. The van der Waals surface area contributed by atoms with E-state index in [0.717, 1.165) is 19.3 Å². The van der Waals surface area contributed by atoms with E-state index < -0.39 is 0 Å². The van der Waals surface area contributed by atoms with Crippen LogP contribution in [0, 0.1) is 0 Å². The molecule has 1 aromatic carbocycles. The Kier molecular flexibility index (Phi) is 6.01. The lowest BCUT2D eigenvalue weighted by Gasteiger charge is -2.17. The predicted molar refractivity (Wildman–Crippen MR) is 69.3 cm³/mol. The molecule has 0 radical (unpaired) electrons. The number of hydrogen-bond donors (Lipinski definition) is 1. The minimum Gasteiger partial charge on any atom is -0.396 e. The van der Waals surface area contributed by atoms with Crippen LogP contribution in [0.1, 0.15) is 29.6 Å². The normalized spacial score (nSPS) is 10.3. The molecule has 1 amide bonds. The molecule has 0 fully saturated rings. The number of halogens is 1. The molecule has 1 N–H and O–H groups in total. The van der Waals surface area contributed by atoms with Crippen molar-refractivity contribution < 1.29 is 9.90 Å². The molecule has 0 aliphatic carbocycles. The molecule has 0 saturated heterocycles. The highest BCUT2D eigenvalue weighted by Gasteiger charge is 2.10. The summed E-state index contributed by atoms with van der Waals surface area (Å²) in [5.74, 6) is -0.0171. The van der Waals surface area contributed by atoms with Crippen LogP contribution in [-0.2, 0) is 0 Å². The number of aliphatic hydroxyl groups excluding tert-OH is 1. The molecule has 94 valence electrons. The Labute approximate surface area is 107 Å². The number of rotatable bonds is 6. The summed E-state index contributed by atoms with van der Waals surface area (Å²) in [6.45, 7) is 0.914. The van der Waals surface area contributed by atoms with Crippen molar-refractivity contribution in [1.29, 1.82) is 0 Å². The zero-order valence-corrected chi connectivity index (χ0v) is 10.8. The molecular formula is C13H18ClNO2. The van der Waals surface area contributed by atoms with Crippen LogP contribution in [0.5, 0.6) is 0 Å². The van der Waals surface area contributed by atoms with Crippen LogP contribution in [0.2, 0.25) is 5.02 Å². The van der Waals surface area contributed by atoms with Gasteiger partial charge in [0.1, 0.15) is 0 Å². The molecule has 4 heteroatoms. The van der Waals surface area contributed by atoms with Crippen LogP contribution in [-0.4, -0.2) is 36.1 Å². The quantitative estimate of drug-likeness (QED) is 0.794. The van der Waals surface area contributed by atoms with E-state index in [1.807, 2.05) is 0 Å². The average Bonchev–Trinajstić information content (AvgIpc) is 2.33. The number of hydrogen-bond acceptors (Lipinski definition) is 2. The Bertz CT molecular complexity index is 368. The summed E-state index contributed by atoms with van der Waals surface area (Å²) in [6.07, 6.45) is 2.63. The molecule has 0 aromatic heterocycles. The topological polar surface area (TPSA) is 40.5 Å². The first kappa shape index (κ1) is 14.0. The van der Waals surface area contributed by atoms with Gasteiger partial charge in [-0.15, -0.1) is 0 Å². The maximum atomic E-state index is 12.0. The van der Waals surface area contributed by atoms with Crippen molar-refractivity contribution in [3.05, 3.63) is 34.9 Å². The van der Waals surface area contributed by atoms with Gasteiger partial charge in [-0.25, -0.2) is 0 Å². The van der Waals surface area contributed by atoms with Crippen LogP contribution in [0.15, 0.2) is 24.3 Å². The van der Waals surface area contributed by atoms with E-state index in [2.05, 4.69) is 0 Å². The van der Waals surface area contributed by atoms with Crippen molar-refractivity contribution in [2.45, 2.75) is 19.3 Å². The molecule has 1 aromatic rings. The molecule has 0 aliphatic rings. The van der Waals surface area contributed by atoms with Crippen molar-refractivity contribution in [2.75, 3.05) is 20.2 Å². The van der Waals surface area contributed by atoms with E-state index in [4.69, 9.17) is 16.7 Å². The van der Waals surface area contributed by atoms with E-state index in [0.29, 0.717) is 17.1 Å². The molecular weight excluding hydrogens is 238 g/mol. The number of amides is 1. The minimum absolute atomic E-state index is 0.0171. The fourth-order valence-electron chi connectivity index (χ4n) is 1.58. The first-order valence-corrected chi connectivity index (χ1v) is 6.15. The molecule has 0 spiro atoms. The van der Waals surface area contributed by atoms with E-state index >= 15 is 0 Å². The highest BCUT2D eigenvalue weighted by atomic mass is 35.5. The molecule has 0 bridgehead atoms. The molecule has 3 nitrogen and oxygen atoms in total. The third kappa shape index (κ3) is 4.75. The second-order valence-electron chi connectivity index (χ2n) is 4.02. The van der Waals surface area contributed by atoms with Crippen molar-refractivity contribution in [2.24, 2.45) is 0 Å². The Morgan fingerprint density at radius 1 is 1.35 bits per heavy atom. The third-order valence-electron chi connectivity index (χ3n) is 2.57. The Hall–Kier alpha value is -1.06. The second kappa shape index (κ2) is 7.30. The zero-order valence-electron chi connectivity index (χ0n) is 10.0. The van der Waals surface area contributed by atoms with Gasteiger partial charge in [-0.2, -0.15) is 0 Å². The first-order valence-electron chi connectivity index (χ1n) is 5.77. The maximum Gasteiger partial charge on any atom is 0.253 e. The monoisotopic (exact) mass is 255 g/mol. The number of aliphatic hydroxyl groups is 1. The van der Waals surface area contributed by atoms with Crippen molar-refractivity contribution >= 4 is 17.5 Å². The van der Waals surface area contributed by atoms with Crippen molar-refractivity contribution in [3.63, 3.8) is 0 Å². The maximum absolute atomic E-state index is 12.0. The number of carbonyl (C=O) groups excluding carboxylic acids is 1. The number of unbranched alkanes of at least 4 members (excludes halogenated alkanes) is 2. The lowest BCUT2D eigenvalue weighted by atomic mass is 10.2. The van der Waals surface area contributed by atoms with Crippen LogP contribution in [0.25, 0.3) is 0 Å². The summed E-state index contributed by atoms with van der Waals surface area (Å²) in [7, 11) is 1.78. The second-order valence-corrected chi connectivity index (χ2v) is 4.46. The third-order valence-corrected chi connectivity index (χ3v) is 2.81. The molecule has 0 heterocycles. The van der Waals surface area contributed by atoms with Crippen LogP contribution >= 0.6 is 11.6 Å². The first-order chi connectivity index (χ1) is 8.15. The SMILES string of the molecule is CN(CCCCCO)C(=O)c1cccc(Cl)c1. The van der Waals surface area contributed by atoms with Crippen LogP contribution < -0.4 is 0 Å². The molecule has 0 aliphatic heterocycles. The summed E-state index contributed by atoms with van der Waals surface area (Å²) in [4.78, 5) is 13.7. The molecule has 0 saturated carbocycles. The van der Waals surface area contributed by atoms with E-state index in [9.17, 15) is 4.79 Å². The lowest BCUT2D eigenvalue weighted by molar-refractivity contribution is 0.0792. The fourth-order valence-corrected chi connectivity index (χ4v) is 1.77. The summed E-state index contributed by atoms with van der Waals surface area (Å²) in [5.41, 5.74) is 0.613. The van der Waals surface area contributed by atoms with Gasteiger partial charge in [-0.1, -0.05) is 17.7 Å². The molecule has 0 atom stereocenters. The summed E-state index contributed by atoms with van der Waals surface area (Å²) in [5, 5.41) is 9.23. The summed E-state index contributed by atoms with van der Waals surface area (Å²) < 4.78 is 0. The highest BCUT2D eigenvalue weighted by Crippen LogP contribution is 2.12. The van der Waals surface area contributed by atoms with Gasteiger partial charge in [-0.3, -0.25) is 4.79 Å². The van der Waals surface area contributed by atoms with E-state index in [1.54, 1.807) is 36.2 Å². The van der Waals surface area contributed by atoms with Gasteiger partial charge in [0.2, 0.25) is 0 Å². The largest absolute Gasteiger partial charge is 0.396 e. The van der Waals surface area contributed by atoms with Gasteiger partial charge >= 0.3 is 0 Å². The highest BCUT2D eigenvalue weighted by molar-refractivity contribution is 6.30. The number of benzene rings is 1. The molecule has 0 unspecified atom stereocenters. The zero-order chi connectivity index (χ0) is 12.7. The minimum atomic E-state index is -0.0171. The summed E-state index contributed by atoms with van der Waals surface area (Å²) in [6, 6.07) is 6.96. The number of nitrogens with zero attached hydrogens (tertiary/aromatic N) is 1. The van der Waals surface area contributed by atoms with Gasteiger partial charge in [0.15, 0.2) is 0 Å². The van der Waals surface area contributed by atoms with Gasteiger partial charge in [0, 0.05) is 30.8 Å². The van der Waals surface area contributed by atoms with Crippen LogP contribution in [0.4, 0.5) is 0 Å². The Morgan fingerprint density at radius 2 is 2.12 bits per heavy atom. The van der Waals surface area contributed by atoms with Gasteiger partial charge in [-0.05, 0) is 37.5 Å². The standard InChI is InChI=1S/C13H18ClNO2/c1-15(8-3-2-4-9-16)13(17)11-6-5-7-12(14)10-11/h5-7,10,16H,2-4,8-9H2,1H3. The molecule has 1 rings (SSSR count). The van der Waals surface area contributed by atoms with Gasteiger partial charge < -0.3 is 10.0 Å². The Balaban J connectivity index is 2.46. The van der Waals surface area contributed by atoms with Gasteiger partial charge in [0.05, 0.1) is 0 Å². The van der Waals surface area contributed by atoms with Crippen LogP contribution in [0.3, 0.4) is 0 Å². The fraction of sp³-hybridized carbons (Fsp3) is 0.462. The molecule has 17 heavy (non-hydrogen) atoms. The van der Waals surface area contributed by atoms with Crippen molar-refractivity contribution in [3.8, 4) is 0 Å². The smallest absolute Gasteiger partial charge is 0.253 e. The van der Waals surface area contributed by atoms with E-state index in [1.165, 1.54) is 0 Å². The number of carbonyl (C=O) groups is 1. The average molecular weight is 256 g/mol. The Morgan fingerprint density at radius 3 is 2.76 bits per heavy atom. The summed E-state index contributed by atoms with van der Waals surface area (Å²) >= 11 is 5.84. The lowest BCUT2D eigenvalue weighted by Crippen LogP contribution is -2.27. The van der Waals surface area contributed by atoms with Crippen molar-refractivity contribution in [1.82, 2.24) is 4.90 Å². The van der Waals surface area contributed by atoms with Gasteiger partial charge in [0.25, 0.3) is 5.91 Å². The van der Waals surface area contributed by atoms with E-state index in [-0.39, 0.29) is 12.5 Å².